The number of aryl methyl sites for hydroxylation is 1. The minimum atomic E-state index is 1.05. The van der Waals surface area contributed by atoms with E-state index in [1.807, 2.05) is 0 Å². The first-order chi connectivity index (χ1) is 4.88. The number of fused-ring (bicyclic) bond motifs is 1. The Kier molecular flexibility index (Phi) is 1.42. The molecule has 1 aromatic heterocycles. The van der Waals surface area contributed by atoms with Crippen molar-refractivity contribution in [1.29, 1.82) is 0 Å². The number of hydrogen-bond acceptors (Lipinski definition) is 2. The standard InChI is InChI=1S/C8H11NS/c9-8-7-4-2-1-3-6(7)5-10-8/h5H,1-4,9H2. The maximum Gasteiger partial charge on any atom is 0.0891 e. The average molecular weight is 153 g/mol. The van der Waals surface area contributed by atoms with Crippen molar-refractivity contribution in [1.82, 2.24) is 0 Å². The molecule has 2 N–H and O–H groups in total. The van der Waals surface area contributed by atoms with Crippen LogP contribution in [0.15, 0.2) is 5.38 Å². The lowest BCUT2D eigenvalue weighted by atomic mass is 9.95. The molecule has 0 aliphatic heterocycles. The molecule has 0 amide bonds. The van der Waals surface area contributed by atoms with Crippen LogP contribution in [0, 0.1) is 0 Å². The lowest BCUT2D eigenvalue weighted by Crippen LogP contribution is -2.00. The molecule has 0 aromatic carbocycles. The Morgan fingerprint density at radius 1 is 1.30 bits per heavy atom. The summed E-state index contributed by atoms with van der Waals surface area (Å²) in [4.78, 5) is 0. The summed E-state index contributed by atoms with van der Waals surface area (Å²) in [5.41, 5.74) is 8.73. The third-order valence-corrected chi connectivity index (χ3v) is 3.04. The van der Waals surface area contributed by atoms with Crippen molar-refractivity contribution >= 4 is 16.3 Å². The van der Waals surface area contributed by atoms with Crippen LogP contribution < -0.4 is 5.73 Å². The van der Waals surface area contributed by atoms with Gasteiger partial charge in [0.25, 0.3) is 0 Å². The smallest absolute Gasteiger partial charge is 0.0891 e. The highest BCUT2D eigenvalue weighted by Crippen LogP contribution is 2.31. The number of nitrogen functional groups attached to an aromatic ring is 1. The molecule has 0 saturated carbocycles. The maximum absolute atomic E-state index is 5.78. The number of hydrogen-bond donors (Lipinski definition) is 1. The Hall–Kier alpha value is -0.500. The zero-order valence-electron chi connectivity index (χ0n) is 5.89. The Morgan fingerprint density at radius 3 is 2.90 bits per heavy atom. The van der Waals surface area contributed by atoms with Gasteiger partial charge in [-0.25, -0.2) is 0 Å². The van der Waals surface area contributed by atoms with E-state index in [9.17, 15) is 0 Å². The van der Waals surface area contributed by atoms with E-state index in [1.54, 1.807) is 11.3 Å². The molecule has 0 atom stereocenters. The Balaban J connectivity index is 2.45. The molecule has 1 aliphatic rings. The van der Waals surface area contributed by atoms with Crippen molar-refractivity contribution in [3.8, 4) is 0 Å². The van der Waals surface area contributed by atoms with Crippen molar-refractivity contribution in [2.45, 2.75) is 25.7 Å². The molecule has 0 bridgehead atoms. The molecule has 1 aromatic rings. The van der Waals surface area contributed by atoms with Gasteiger partial charge in [0.2, 0.25) is 0 Å². The van der Waals surface area contributed by atoms with E-state index in [2.05, 4.69) is 5.38 Å². The van der Waals surface area contributed by atoms with Crippen molar-refractivity contribution < 1.29 is 0 Å². The van der Waals surface area contributed by atoms with Crippen molar-refractivity contribution in [2.24, 2.45) is 0 Å². The number of thiophene rings is 1. The highest BCUT2D eigenvalue weighted by Gasteiger charge is 2.12. The summed E-state index contributed by atoms with van der Waals surface area (Å²) < 4.78 is 0. The van der Waals surface area contributed by atoms with E-state index in [-0.39, 0.29) is 0 Å². The van der Waals surface area contributed by atoms with Gasteiger partial charge >= 0.3 is 0 Å². The van der Waals surface area contributed by atoms with Crippen LogP contribution in [0.1, 0.15) is 24.0 Å². The van der Waals surface area contributed by atoms with Crippen LogP contribution in [0.4, 0.5) is 5.00 Å². The van der Waals surface area contributed by atoms with Crippen molar-refractivity contribution in [2.75, 3.05) is 5.73 Å². The van der Waals surface area contributed by atoms with Gasteiger partial charge in [0.1, 0.15) is 0 Å². The third kappa shape index (κ3) is 0.833. The number of rotatable bonds is 0. The average Bonchev–Trinajstić information content (AvgIpc) is 2.34. The quantitative estimate of drug-likeness (QED) is 0.607. The lowest BCUT2D eigenvalue weighted by Gasteiger charge is -2.10. The lowest BCUT2D eigenvalue weighted by molar-refractivity contribution is 0.691. The Bertz CT molecular complexity index is 239. The normalized spacial score (nSPS) is 16.8. The number of anilines is 1. The van der Waals surface area contributed by atoms with Gasteiger partial charge in [0, 0.05) is 0 Å². The summed E-state index contributed by atoms with van der Waals surface area (Å²) in [5.74, 6) is 0. The second-order valence-electron chi connectivity index (χ2n) is 2.81. The molecule has 54 valence electrons. The van der Waals surface area contributed by atoms with Crippen molar-refractivity contribution in [3.05, 3.63) is 16.5 Å². The SMILES string of the molecule is Nc1scc2c1CCCC2. The summed E-state index contributed by atoms with van der Waals surface area (Å²) >= 11 is 1.70. The fourth-order valence-corrected chi connectivity index (χ4v) is 2.45. The summed E-state index contributed by atoms with van der Waals surface area (Å²) in [7, 11) is 0. The summed E-state index contributed by atoms with van der Waals surface area (Å²) in [5, 5.41) is 3.26. The second kappa shape index (κ2) is 2.27. The molecule has 10 heavy (non-hydrogen) atoms. The van der Waals surface area contributed by atoms with E-state index in [4.69, 9.17) is 5.73 Å². The van der Waals surface area contributed by atoms with E-state index in [1.165, 1.54) is 36.8 Å². The van der Waals surface area contributed by atoms with Crippen LogP contribution in [0.3, 0.4) is 0 Å². The zero-order valence-corrected chi connectivity index (χ0v) is 6.71. The van der Waals surface area contributed by atoms with Gasteiger partial charge in [-0.1, -0.05) is 0 Å². The van der Waals surface area contributed by atoms with Crippen LogP contribution >= 0.6 is 11.3 Å². The van der Waals surface area contributed by atoms with E-state index >= 15 is 0 Å². The largest absolute Gasteiger partial charge is 0.390 e. The molecule has 2 heteroatoms. The first-order valence-electron chi connectivity index (χ1n) is 3.72. The first-order valence-corrected chi connectivity index (χ1v) is 4.60. The summed E-state index contributed by atoms with van der Waals surface area (Å²) in [6, 6.07) is 0. The zero-order chi connectivity index (χ0) is 6.97. The van der Waals surface area contributed by atoms with Gasteiger partial charge < -0.3 is 5.73 Å². The molecular formula is C8H11NS. The van der Waals surface area contributed by atoms with Crippen LogP contribution in [0.25, 0.3) is 0 Å². The van der Waals surface area contributed by atoms with Crippen molar-refractivity contribution in [3.63, 3.8) is 0 Å². The first kappa shape index (κ1) is 6.23. The van der Waals surface area contributed by atoms with Crippen LogP contribution in [-0.2, 0) is 12.8 Å². The highest BCUT2D eigenvalue weighted by molar-refractivity contribution is 7.14. The molecule has 1 heterocycles. The van der Waals surface area contributed by atoms with Gasteiger partial charge in [-0.2, -0.15) is 0 Å². The van der Waals surface area contributed by atoms with Gasteiger partial charge in [-0.3, -0.25) is 0 Å². The monoisotopic (exact) mass is 153 g/mol. The van der Waals surface area contributed by atoms with E-state index in [0.717, 1.165) is 5.00 Å². The molecule has 1 nitrogen and oxygen atoms in total. The molecule has 0 fully saturated rings. The van der Waals surface area contributed by atoms with Crippen LogP contribution in [0.2, 0.25) is 0 Å². The molecule has 0 spiro atoms. The minimum absolute atomic E-state index is 1.05. The van der Waals surface area contributed by atoms with E-state index in [0.29, 0.717) is 0 Å². The minimum Gasteiger partial charge on any atom is -0.390 e. The topological polar surface area (TPSA) is 26.0 Å². The highest BCUT2D eigenvalue weighted by atomic mass is 32.1. The molecule has 2 rings (SSSR count). The summed E-state index contributed by atoms with van der Waals surface area (Å²) in [6.45, 7) is 0. The Morgan fingerprint density at radius 2 is 2.10 bits per heavy atom. The third-order valence-electron chi connectivity index (χ3n) is 2.14. The fraction of sp³-hybridized carbons (Fsp3) is 0.500. The second-order valence-corrected chi connectivity index (χ2v) is 3.72. The predicted molar refractivity (Wildman–Crippen MR) is 45.4 cm³/mol. The van der Waals surface area contributed by atoms with Gasteiger partial charge in [0.15, 0.2) is 0 Å². The van der Waals surface area contributed by atoms with Gasteiger partial charge in [-0.15, -0.1) is 11.3 Å². The molecule has 1 aliphatic carbocycles. The molecular weight excluding hydrogens is 142 g/mol. The fourth-order valence-electron chi connectivity index (χ4n) is 1.55. The molecule has 0 radical (unpaired) electrons. The van der Waals surface area contributed by atoms with Gasteiger partial charge in [-0.05, 0) is 42.2 Å². The van der Waals surface area contributed by atoms with Crippen LogP contribution in [-0.4, -0.2) is 0 Å². The predicted octanol–water partition coefficient (Wildman–Crippen LogP) is 2.21. The Labute approximate surface area is 64.9 Å². The summed E-state index contributed by atoms with van der Waals surface area (Å²) in [6.07, 6.45) is 5.14. The maximum atomic E-state index is 5.78. The number of nitrogens with two attached hydrogens (primary N) is 1. The van der Waals surface area contributed by atoms with Gasteiger partial charge in [0.05, 0.1) is 5.00 Å². The van der Waals surface area contributed by atoms with Crippen LogP contribution in [0.5, 0.6) is 0 Å². The molecule has 0 saturated heterocycles. The molecule has 0 unspecified atom stereocenters. The van der Waals surface area contributed by atoms with E-state index < -0.39 is 0 Å².